The van der Waals surface area contributed by atoms with E-state index in [1.807, 2.05) is 33.5 Å². The molecule has 166 valence electrons. The molecule has 0 atom stereocenters. The molecular weight excluding hydrogens is 400 g/mol. The monoisotopic (exact) mass is 430 g/mol. The summed E-state index contributed by atoms with van der Waals surface area (Å²) in [5.74, 6) is 0.474. The predicted octanol–water partition coefficient (Wildman–Crippen LogP) is 4.29. The molecule has 7 nitrogen and oxygen atoms in total. The number of hydrogen-bond acceptors (Lipinski definition) is 4. The summed E-state index contributed by atoms with van der Waals surface area (Å²) in [7, 11) is 0. The van der Waals surface area contributed by atoms with Gasteiger partial charge in [-0.3, -0.25) is 9.13 Å². The molecule has 0 amide bonds. The van der Waals surface area contributed by atoms with Gasteiger partial charge in [0, 0.05) is 23.0 Å². The molecule has 2 heterocycles. The molecule has 0 spiro atoms. The first-order valence-corrected chi connectivity index (χ1v) is 11.0. The van der Waals surface area contributed by atoms with Crippen LogP contribution >= 0.6 is 0 Å². The van der Waals surface area contributed by atoms with E-state index in [0.717, 1.165) is 34.5 Å². The topological polar surface area (TPSA) is 70.5 Å². The maximum atomic E-state index is 13.2. The molecule has 0 saturated heterocycles. The van der Waals surface area contributed by atoms with E-state index in [0.29, 0.717) is 12.5 Å². The molecule has 0 radical (unpaired) electrons. The van der Waals surface area contributed by atoms with Gasteiger partial charge >= 0.3 is 5.69 Å². The van der Waals surface area contributed by atoms with Crippen LogP contribution in [0.5, 0.6) is 0 Å². The van der Waals surface area contributed by atoms with Crippen molar-refractivity contribution in [2.24, 2.45) is 5.92 Å². The van der Waals surface area contributed by atoms with Crippen molar-refractivity contribution in [3.8, 4) is 16.8 Å². The highest BCUT2D eigenvalue weighted by Gasteiger charge is 2.21. The van der Waals surface area contributed by atoms with Gasteiger partial charge < -0.3 is 0 Å². The summed E-state index contributed by atoms with van der Waals surface area (Å²) in [5.41, 5.74) is 4.99. The van der Waals surface area contributed by atoms with E-state index in [1.54, 1.807) is 11.0 Å². The Morgan fingerprint density at radius 3 is 2.34 bits per heavy atom. The number of nitrogens with zero attached hydrogens (tertiary/aromatic N) is 6. The van der Waals surface area contributed by atoms with E-state index < -0.39 is 0 Å². The smallest absolute Gasteiger partial charge is 0.294 e. The first-order valence-electron chi connectivity index (χ1n) is 11.0. The van der Waals surface area contributed by atoms with E-state index in [1.165, 1.54) is 0 Å². The van der Waals surface area contributed by atoms with E-state index in [2.05, 4.69) is 80.5 Å². The Balaban J connectivity index is 1.66. The zero-order valence-electron chi connectivity index (χ0n) is 19.4. The third-order valence-electron chi connectivity index (χ3n) is 5.51. The van der Waals surface area contributed by atoms with Crippen LogP contribution in [0.2, 0.25) is 0 Å². The van der Waals surface area contributed by atoms with Gasteiger partial charge in [0.2, 0.25) is 0 Å². The minimum Gasteiger partial charge on any atom is -0.294 e. The lowest BCUT2D eigenvalue weighted by Crippen LogP contribution is -2.34. The molecule has 0 aliphatic carbocycles. The van der Waals surface area contributed by atoms with Crippen LogP contribution in [0.15, 0.2) is 65.8 Å². The molecular formula is C25H30N6O. The number of rotatable bonds is 6. The van der Waals surface area contributed by atoms with Crippen LogP contribution in [0.3, 0.4) is 0 Å². The zero-order chi connectivity index (χ0) is 22.9. The molecule has 0 fully saturated rings. The van der Waals surface area contributed by atoms with Gasteiger partial charge in [0.25, 0.3) is 0 Å². The van der Waals surface area contributed by atoms with Gasteiger partial charge in [0.05, 0.1) is 12.2 Å². The fourth-order valence-electron chi connectivity index (χ4n) is 3.92. The fraction of sp³-hybridized carbons (Fsp3) is 0.360. The quantitative estimate of drug-likeness (QED) is 0.457. The molecule has 32 heavy (non-hydrogen) atoms. The molecule has 4 aromatic rings. The number of aromatic nitrogens is 6. The number of hydrogen-bond donors (Lipinski definition) is 0. The van der Waals surface area contributed by atoms with E-state index in [9.17, 15) is 4.79 Å². The average molecular weight is 431 g/mol. The van der Waals surface area contributed by atoms with Crippen molar-refractivity contribution < 1.29 is 0 Å². The second-order valence-electron chi connectivity index (χ2n) is 9.60. The third kappa shape index (κ3) is 4.42. The Hall–Kier alpha value is -3.48. The lowest BCUT2D eigenvalue weighted by Gasteiger charge is -2.19. The Labute approximate surface area is 188 Å². The van der Waals surface area contributed by atoms with Gasteiger partial charge in [-0.2, -0.15) is 4.68 Å². The van der Waals surface area contributed by atoms with Crippen LogP contribution < -0.4 is 5.69 Å². The van der Waals surface area contributed by atoms with Gasteiger partial charge in [-0.25, -0.2) is 4.79 Å². The molecule has 2 aromatic heterocycles. The third-order valence-corrected chi connectivity index (χ3v) is 5.51. The van der Waals surface area contributed by atoms with Gasteiger partial charge in [-0.1, -0.05) is 56.3 Å². The molecule has 0 bridgehead atoms. The maximum Gasteiger partial charge on any atom is 0.329 e. The molecule has 7 heteroatoms. The van der Waals surface area contributed by atoms with E-state index in [-0.39, 0.29) is 11.2 Å². The summed E-state index contributed by atoms with van der Waals surface area (Å²) in [6.45, 7) is 11.1. The van der Waals surface area contributed by atoms with Gasteiger partial charge in [-0.05, 0) is 60.7 Å². The maximum absolute atomic E-state index is 13.2. The molecule has 2 aromatic carbocycles. The van der Waals surface area contributed by atoms with E-state index >= 15 is 0 Å². The van der Waals surface area contributed by atoms with Gasteiger partial charge in [0.15, 0.2) is 0 Å². The number of tetrazole rings is 1. The van der Waals surface area contributed by atoms with Crippen LogP contribution in [0.25, 0.3) is 16.8 Å². The molecule has 0 aliphatic rings. The highest BCUT2D eigenvalue weighted by molar-refractivity contribution is 5.72. The van der Waals surface area contributed by atoms with Crippen molar-refractivity contribution >= 4 is 0 Å². The zero-order valence-corrected chi connectivity index (χ0v) is 19.4. The molecule has 0 N–H and O–H groups in total. The molecule has 0 saturated carbocycles. The van der Waals surface area contributed by atoms with Crippen LogP contribution in [0, 0.1) is 5.92 Å². The van der Waals surface area contributed by atoms with Gasteiger partial charge in [0.1, 0.15) is 6.33 Å². The summed E-state index contributed by atoms with van der Waals surface area (Å²) in [4.78, 5) is 13.2. The SMILES string of the molecule is CC(C)Cc1cn(C(C)(C)C)c(=O)n1Cc1ccc(-c2ccccc2-n2cnnn2)cc1. The Morgan fingerprint density at radius 2 is 1.72 bits per heavy atom. The predicted molar refractivity (Wildman–Crippen MR) is 126 cm³/mol. The minimum atomic E-state index is -0.252. The second kappa shape index (κ2) is 8.57. The number of imidazole rings is 1. The highest BCUT2D eigenvalue weighted by atomic mass is 16.1. The largest absolute Gasteiger partial charge is 0.329 e. The van der Waals surface area contributed by atoms with Gasteiger partial charge in [-0.15, -0.1) is 5.10 Å². The van der Waals surface area contributed by atoms with Crippen molar-refractivity contribution in [2.45, 2.75) is 53.1 Å². The van der Waals surface area contributed by atoms with Crippen LogP contribution in [-0.2, 0) is 18.5 Å². The summed E-state index contributed by atoms with van der Waals surface area (Å²) >= 11 is 0. The highest BCUT2D eigenvalue weighted by Crippen LogP contribution is 2.26. The standard InChI is InChI=1S/C25H30N6O/c1-18(2)14-21-16-30(25(3,4)5)24(32)29(21)15-19-10-12-20(13-11-19)22-8-6-7-9-23(22)31-17-26-27-28-31/h6-13,16-18H,14-15H2,1-5H3. The molecule has 0 aliphatic heterocycles. The van der Waals surface area contributed by atoms with Crippen LogP contribution in [0.4, 0.5) is 0 Å². The van der Waals surface area contributed by atoms with Crippen molar-refractivity contribution in [1.29, 1.82) is 0 Å². The van der Waals surface area contributed by atoms with Crippen LogP contribution in [0.1, 0.15) is 45.9 Å². The van der Waals surface area contributed by atoms with Crippen molar-refractivity contribution in [1.82, 2.24) is 29.3 Å². The lowest BCUT2D eigenvalue weighted by molar-refractivity contribution is 0.380. The normalized spacial score (nSPS) is 11.9. The molecule has 4 rings (SSSR count). The number of benzene rings is 2. The average Bonchev–Trinajstić information content (AvgIpc) is 3.38. The number of para-hydroxylation sites is 1. The van der Waals surface area contributed by atoms with Crippen LogP contribution in [-0.4, -0.2) is 29.3 Å². The Bertz CT molecular complexity index is 1240. The Kier molecular flexibility index (Phi) is 5.82. The Morgan fingerprint density at radius 1 is 1.00 bits per heavy atom. The summed E-state index contributed by atoms with van der Waals surface area (Å²) < 4.78 is 5.42. The summed E-state index contributed by atoms with van der Waals surface area (Å²) in [6.07, 6.45) is 4.49. The summed E-state index contributed by atoms with van der Waals surface area (Å²) in [5, 5.41) is 11.5. The van der Waals surface area contributed by atoms with E-state index in [4.69, 9.17) is 0 Å². The van der Waals surface area contributed by atoms with Crippen molar-refractivity contribution in [2.75, 3.05) is 0 Å². The summed E-state index contributed by atoms with van der Waals surface area (Å²) in [6, 6.07) is 16.4. The van der Waals surface area contributed by atoms with Crippen molar-refractivity contribution in [3.63, 3.8) is 0 Å². The first kappa shape index (κ1) is 21.7. The minimum absolute atomic E-state index is 0.0428. The lowest BCUT2D eigenvalue weighted by atomic mass is 10.0. The fourth-order valence-corrected chi connectivity index (χ4v) is 3.92. The van der Waals surface area contributed by atoms with Crippen molar-refractivity contribution in [3.05, 3.63) is 82.8 Å². The second-order valence-corrected chi connectivity index (χ2v) is 9.60. The molecule has 0 unspecified atom stereocenters. The first-order chi connectivity index (χ1) is 15.2.